The van der Waals surface area contributed by atoms with Gasteiger partial charge in [0, 0.05) is 39.9 Å². The zero-order chi connectivity index (χ0) is 25.8. The summed E-state index contributed by atoms with van der Waals surface area (Å²) in [7, 11) is 5.92. The Bertz CT molecular complexity index is 1200. The number of hydrogen-bond donors (Lipinski definition) is 0. The summed E-state index contributed by atoms with van der Waals surface area (Å²) in [6.07, 6.45) is 20.3. The summed E-state index contributed by atoms with van der Waals surface area (Å²) in [6.45, 7) is 10.1. The van der Waals surface area contributed by atoms with E-state index in [0.717, 1.165) is 27.8 Å². The van der Waals surface area contributed by atoms with Gasteiger partial charge in [0.05, 0.1) is 21.6 Å². The maximum Gasteiger partial charge on any atom is 0.162 e. The molecule has 2 aromatic rings. The summed E-state index contributed by atoms with van der Waals surface area (Å²) in [5.41, 5.74) is 5.95. The number of thiophene rings is 1. The van der Waals surface area contributed by atoms with Crippen LogP contribution in [0.2, 0.25) is 0 Å². The van der Waals surface area contributed by atoms with E-state index < -0.39 is 0 Å². The zero-order valence-electron chi connectivity index (χ0n) is 21.5. The van der Waals surface area contributed by atoms with Crippen LogP contribution in [0, 0.1) is 0 Å². The molecule has 2 heterocycles. The van der Waals surface area contributed by atoms with E-state index in [-0.39, 0.29) is 6.04 Å². The van der Waals surface area contributed by atoms with Gasteiger partial charge in [0.1, 0.15) is 11.2 Å². The topological polar surface area (TPSA) is 52.0 Å². The molecule has 0 radical (unpaired) electrons. The molecule has 0 aliphatic heterocycles. The Morgan fingerprint density at radius 3 is 2.66 bits per heavy atom. The molecule has 184 valence electrons. The lowest BCUT2D eigenvalue weighted by atomic mass is 10.2. The number of hydrogen-bond acceptors (Lipinski definition) is 6. The van der Waals surface area contributed by atoms with Crippen LogP contribution in [-0.4, -0.2) is 61.4 Å². The Balaban J connectivity index is 0.00000137. The number of anilines is 1. The van der Waals surface area contributed by atoms with Crippen molar-refractivity contribution in [3.63, 3.8) is 0 Å². The number of nitrogens with zero attached hydrogens (tertiary/aromatic N) is 5. The number of pyridine rings is 1. The molecular formula is C28H35N5OS. The maximum atomic E-state index is 11.8. The number of aldehydes is 1. The molecule has 1 aliphatic carbocycles. The van der Waals surface area contributed by atoms with E-state index in [1.54, 1.807) is 18.6 Å². The summed E-state index contributed by atoms with van der Waals surface area (Å²) < 4.78 is 0. The number of carbonyl (C=O) groups excluding carboxylic acids is 1. The predicted octanol–water partition coefficient (Wildman–Crippen LogP) is 6.35. The van der Waals surface area contributed by atoms with Crippen molar-refractivity contribution in [3.05, 3.63) is 83.6 Å². The molecule has 0 saturated carbocycles. The maximum absolute atomic E-state index is 11.8. The van der Waals surface area contributed by atoms with Crippen LogP contribution >= 0.6 is 11.3 Å². The molecule has 0 saturated heterocycles. The molecule has 35 heavy (non-hydrogen) atoms. The highest BCUT2D eigenvalue weighted by Crippen LogP contribution is 2.40. The number of fused-ring (bicyclic) bond motifs is 1. The molecular weight excluding hydrogens is 454 g/mol. The van der Waals surface area contributed by atoms with E-state index in [2.05, 4.69) is 41.4 Å². The summed E-state index contributed by atoms with van der Waals surface area (Å²) in [6, 6.07) is 2.09. The fourth-order valence-electron chi connectivity index (χ4n) is 3.50. The van der Waals surface area contributed by atoms with Crippen molar-refractivity contribution < 1.29 is 4.79 Å². The molecule has 0 N–H and O–H groups in total. The number of hydrazine groups is 1. The van der Waals surface area contributed by atoms with Gasteiger partial charge in [0.15, 0.2) is 6.29 Å². The first-order chi connectivity index (χ1) is 16.9. The number of aromatic nitrogens is 1. The van der Waals surface area contributed by atoms with Crippen molar-refractivity contribution in [2.45, 2.75) is 26.8 Å². The van der Waals surface area contributed by atoms with Gasteiger partial charge in [-0.05, 0) is 44.6 Å². The fraction of sp³-hybridized carbons (Fsp3) is 0.286. The van der Waals surface area contributed by atoms with Gasteiger partial charge in [-0.15, -0.1) is 23.6 Å². The quantitative estimate of drug-likeness (QED) is 0.103. The molecule has 3 rings (SSSR count). The van der Waals surface area contributed by atoms with E-state index in [4.69, 9.17) is 4.99 Å². The number of carbonyl (C=O) groups is 1. The van der Waals surface area contributed by atoms with E-state index in [9.17, 15) is 4.79 Å². The second kappa shape index (κ2) is 14.0. The third kappa shape index (κ3) is 7.49. The standard InChI is InChI=1S/C25H29N5OS.C3H6/c1-6-11-19(2)30(16-20-12-9-7-8-10-13-20)29(5)18-27-24-22(17-31)32-25-23(24)21(28(3)4)14-15-26-25;1-3-2/h6-9,11-15,17-19H,16H2,1-5H3;3H,1H2,2H3/b11-6-,27-18?;. The first-order valence-corrected chi connectivity index (χ1v) is 12.2. The molecule has 0 spiro atoms. The van der Waals surface area contributed by atoms with Crippen molar-refractivity contribution in [3.8, 4) is 0 Å². The van der Waals surface area contributed by atoms with Gasteiger partial charge in [-0.25, -0.2) is 15.0 Å². The Morgan fingerprint density at radius 2 is 2.00 bits per heavy atom. The second-order valence-electron chi connectivity index (χ2n) is 8.03. The van der Waals surface area contributed by atoms with Crippen LogP contribution in [0.4, 0.5) is 11.4 Å². The van der Waals surface area contributed by atoms with Gasteiger partial charge < -0.3 is 4.90 Å². The van der Waals surface area contributed by atoms with Crippen molar-refractivity contribution in [1.82, 2.24) is 15.0 Å². The molecule has 1 atom stereocenters. The van der Waals surface area contributed by atoms with Gasteiger partial charge in [0.2, 0.25) is 0 Å². The summed E-state index contributed by atoms with van der Waals surface area (Å²) >= 11 is 1.36. The Hall–Kier alpha value is -3.51. The number of rotatable bonds is 9. The average molecular weight is 490 g/mol. The predicted molar refractivity (Wildman–Crippen MR) is 152 cm³/mol. The average Bonchev–Trinajstić information content (AvgIpc) is 2.99. The highest BCUT2D eigenvalue weighted by Gasteiger charge is 2.19. The van der Waals surface area contributed by atoms with E-state index >= 15 is 0 Å². The molecule has 0 amide bonds. The van der Waals surface area contributed by atoms with Crippen LogP contribution in [0.25, 0.3) is 10.2 Å². The van der Waals surface area contributed by atoms with Crippen LogP contribution in [-0.2, 0) is 0 Å². The molecule has 1 aliphatic rings. The Kier molecular flexibility index (Phi) is 11.1. The minimum absolute atomic E-state index is 0.144. The lowest BCUT2D eigenvalue weighted by Crippen LogP contribution is -2.45. The molecule has 2 aromatic heterocycles. The van der Waals surface area contributed by atoms with Gasteiger partial charge in [0.25, 0.3) is 0 Å². The van der Waals surface area contributed by atoms with Gasteiger partial charge in [-0.1, -0.05) is 36.5 Å². The minimum Gasteiger partial charge on any atom is -0.377 e. The van der Waals surface area contributed by atoms with Gasteiger partial charge in [-0.2, -0.15) is 0 Å². The number of allylic oxidation sites excluding steroid dienone is 5. The number of aliphatic imine (C=N–C) groups is 1. The monoisotopic (exact) mass is 489 g/mol. The molecule has 7 heteroatoms. The van der Waals surface area contributed by atoms with E-state index in [1.165, 1.54) is 11.3 Å². The second-order valence-corrected chi connectivity index (χ2v) is 9.06. The van der Waals surface area contributed by atoms with Gasteiger partial charge in [-0.3, -0.25) is 9.80 Å². The zero-order valence-corrected chi connectivity index (χ0v) is 22.3. The van der Waals surface area contributed by atoms with Crippen LogP contribution in [0.5, 0.6) is 0 Å². The molecule has 1 unspecified atom stereocenters. The molecule has 6 nitrogen and oxygen atoms in total. The van der Waals surface area contributed by atoms with Crippen molar-refractivity contribution in [2.24, 2.45) is 4.99 Å². The van der Waals surface area contributed by atoms with Crippen molar-refractivity contribution in [1.29, 1.82) is 0 Å². The summed E-state index contributed by atoms with van der Waals surface area (Å²) in [5.74, 6) is 0. The normalized spacial score (nSPS) is 13.6. The first-order valence-electron chi connectivity index (χ1n) is 11.4. The van der Waals surface area contributed by atoms with Crippen LogP contribution in [0.3, 0.4) is 0 Å². The lowest BCUT2D eigenvalue weighted by molar-refractivity contribution is 0.0643. The smallest absolute Gasteiger partial charge is 0.162 e. The highest BCUT2D eigenvalue weighted by molar-refractivity contribution is 7.21. The fourth-order valence-corrected chi connectivity index (χ4v) is 4.42. The van der Waals surface area contributed by atoms with Gasteiger partial charge >= 0.3 is 0 Å². The van der Waals surface area contributed by atoms with Crippen LogP contribution in [0.1, 0.15) is 30.4 Å². The highest BCUT2D eigenvalue weighted by atomic mass is 32.1. The summed E-state index contributed by atoms with van der Waals surface area (Å²) in [5, 5.41) is 5.07. The van der Waals surface area contributed by atoms with Crippen molar-refractivity contribution in [2.75, 3.05) is 32.6 Å². The molecule has 0 bridgehead atoms. The third-order valence-corrected chi connectivity index (χ3v) is 6.10. The lowest BCUT2D eigenvalue weighted by Gasteiger charge is -2.34. The van der Waals surface area contributed by atoms with E-state index in [1.807, 2.05) is 81.3 Å². The molecule has 0 fully saturated rings. The van der Waals surface area contributed by atoms with Crippen LogP contribution < -0.4 is 4.90 Å². The van der Waals surface area contributed by atoms with Crippen molar-refractivity contribution >= 4 is 45.6 Å². The largest absolute Gasteiger partial charge is 0.377 e. The molecule has 0 aromatic carbocycles. The Morgan fingerprint density at radius 1 is 1.26 bits per heavy atom. The third-order valence-electron chi connectivity index (χ3n) is 5.09. The first kappa shape index (κ1) is 27.7. The summed E-state index contributed by atoms with van der Waals surface area (Å²) in [4.78, 5) is 24.4. The SMILES string of the molecule is C/C=C\C(C)N(CC1=CC=CC=C=C1)N(C)C=Nc1c(C=O)sc2nccc(N(C)C)c12.C=CC. The van der Waals surface area contributed by atoms with E-state index in [0.29, 0.717) is 17.1 Å². The van der Waals surface area contributed by atoms with Crippen LogP contribution in [0.15, 0.2) is 83.7 Å². The Labute approximate surface area is 213 Å². The minimum atomic E-state index is 0.144.